The van der Waals surface area contributed by atoms with Gasteiger partial charge in [0, 0.05) is 37.1 Å². The maximum atomic E-state index is 13.0. The molecule has 1 saturated heterocycles. The molecule has 1 amide bonds. The van der Waals surface area contributed by atoms with Crippen LogP contribution in [0.3, 0.4) is 0 Å². The molecular formula is C23H24N4O2. The predicted octanol–water partition coefficient (Wildman–Crippen LogP) is 3.34. The normalized spacial score (nSPS) is 14.7. The highest BCUT2D eigenvalue weighted by Gasteiger charge is 2.25. The molecule has 148 valence electrons. The summed E-state index contributed by atoms with van der Waals surface area (Å²) in [6, 6.07) is 18.1. The van der Waals surface area contributed by atoms with Crippen LogP contribution in [-0.2, 0) is 6.61 Å². The van der Waals surface area contributed by atoms with E-state index >= 15 is 0 Å². The highest BCUT2D eigenvalue weighted by molar-refractivity contribution is 6.01. The molecule has 29 heavy (non-hydrogen) atoms. The first-order chi connectivity index (χ1) is 14.2. The number of aryl methyl sites for hydroxylation is 1. The number of piperazine rings is 1. The quantitative estimate of drug-likeness (QED) is 0.681. The van der Waals surface area contributed by atoms with E-state index in [-0.39, 0.29) is 5.91 Å². The minimum absolute atomic E-state index is 0.0158. The Hall–Kier alpha value is -3.30. The number of nitrogens with zero attached hydrogens (tertiary/aromatic N) is 3. The summed E-state index contributed by atoms with van der Waals surface area (Å²) in [4.78, 5) is 20.2. The molecule has 0 aliphatic carbocycles. The van der Waals surface area contributed by atoms with Crippen LogP contribution in [0, 0.1) is 18.3 Å². The largest absolute Gasteiger partial charge is 0.489 e. The van der Waals surface area contributed by atoms with Crippen molar-refractivity contribution in [2.75, 3.05) is 32.7 Å². The van der Waals surface area contributed by atoms with E-state index in [0.29, 0.717) is 31.9 Å². The number of hydrogen-bond donors (Lipinski definition) is 1. The number of aromatic amines is 1. The van der Waals surface area contributed by atoms with Crippen LogP contribution in [0.15, 0.2) is 48.5 Å². The number of carbonyl (C=O) groups is 1. The Labute approximate surface area is 170 Å². The van der Waals surface area contributed by atoms with Crippen molar-refractivity contribution in [2.45, 2.75) is 13.5 Å². The average molecular weight is 388 g/mol. The van der Waals surface area contributed by atoms with Crippen LogP contribution in [0.2, 0.25) is 0 Å². The molecule has 3 aromatic rings. The van der Waals surface area contributed by atoms with Gasteiger partial charge in [-0.3, -0.25) is 9.69 Å². The second-order valence-corrected chi connectivity index (χ2v) is 7.33. The molecule has 6 nitrogen and oxygen atoms in total. The predicted molar refractivity (Wildman–Crippen MR) is 112 cm³/mol. The van der Waals surface area contributed by atoms with Gasteiger partial charge in [-0.25, -0.2) is 0 Å². The van der Waals surface area contributed by atoms with Gasteiger partial charge in [-0.05, 0) is 36.2 Å². The van der Waals surface area contributed by atoms with E-state index < -0.39 is 0 Å². The molecule has 0 atom stereocenters. The maximum Gasteiger partial charge on any atom is 0.270 e. The number of rotatable bonds is 5. The number of nitriles is 1. The van der Waals surface area contributed by atoms with Crippen molar-refractivity contribution in [3.8, 4) is 11.8 Å². The Bertz CT molecular complexity index is 1040. The highest BCUT2D eigenvalue weighted by Crippen LogP contribution is 2.27. The number of ether oxygens (including phenoxy) is 1. The summed E-state index contributed by atoms with van der Waals surface area (Å²) in [6.45, 7) is 5.64. The Morgan fingerprint density at radius 1 is 1.14 bits per heavy atom. The summed E-state index contributed by atoms with van der Waals surface area (Å²) in [5.74, 6) is 0.801. The Morgan fingerprint density at radius 2 is 1.90 bits per heavy atom. The lowest BCUT2D eigenvalue weighted by molar-refractivity contribution is 0.0646. The van der Waals surface area contributed by atoms with Gasteiger partial charge < -0.3 is 14.6 Å². The number of nitrogens with one attached hydrogen (secondary N) is 1. The fraction of sp³-hybridized carbons (Fsp3) is 0.304. The molecule has 0 radical (unpaired) electrons. The molecule has 2 aromatic carbocycles. The van der Waals surface area contributed by atoms with Crippen molar-refractivity contribution in [3.05, 3.63) is 65.4 Å². The van der Waals surface area contributed by atoms with Crippen LogP contribution >= 0.6 is 0 Å². The van der Waals surface area contributed by atoms with Crippen molar-refractivity contribution in [3.63, 3.8) is 0 Å². The highest BCUT2D eigenvalue weighted by atomic mass is 16.5. The van der Waals surface area contributed by atoms with Crippen molar-refractivity contribution >= 4 is 16.8 Å². The minimum atomic E-state index is 0.0158. The second-order valence-electron chi connectivity index (χ2n) is 7.33. The number of benzene rings is 2. The summed E-state index contributed by atoms with van der Waals surface area (Å²) in [6.07, 6.45) is 0. The van der Waals surface area contributed by atoms with Crippen LogP contribution in [0.25, 0.3) is 10.9 Å². The molecule has 0 bridgehead atoms. The van der Waals surface area contributed by atoms with Crippen LogP contribution < -0.4 is 4.74 Å². The van der Waals surface area contributed by atoms with Gasteiger partial charge in [0.05, 0.1) is 12.6 Å². The lowest BCUT2D eigenvalue weighted by Crippen LogP contribution is -2.48. The number of aromatic nitrogens is 1. The third-order valence-corrected chi connectivity index (χ3v) is 5.45. The molecule has 1 N–H and O–H groups in total. The number of hydrogen-bond acceptors (Lipinski definition) is 4. The summed E-state index contributed by atoms with van der Waals surface area (Å²) < 4.78 is 5.93. The van der Waals surface area contributed by atoms with Crippen LogP contribution in [-0.4, -0.2) is 53.4 Å². The van der Waals surface area contributed by atoms with Gasteiger partial charge in [0.1, 0.15) is 18.1 Å². The summed E-state index contributed by atoms with van der Waals surface area (Å²) in [5.41, 5.74) is 3.62. The monoisotopic (exact) mass is 388 g/mol. The van der Waals surface area contributed by atoms with Gasteiger partial charge >= 0.3 is 0 Å². The van der Waals surface area contributed by atoms with E-state index in [0.717, 1.165) is 40.9 Å². The number of fused-ring (bicyclic) bond motifs is 1. The fourth-order valence-electron chi connectivity index (χ4n) is 3.72. The van der Waals surface area contributed by atoms with E-state index in [4.69, 9.17) is 10.00 Å². The third-order valence-electron chi connectivity index (χ3n) is 5.45. The van der Waals surface area contributed by atoms with E-state index in [2.05, 4.69) is 16.0 Å². The zero-order valence-corrected chi connectivity index (χ0v) is 16.5. The first-order valence-electron chi connectivity index (χ1n) is 9.83. The number of H-pyrrole nitrogens is 1. The third kappa shape index (κ3) is 4.10. The van der Waals surface area contributed by atoms with E-state index in [9.17, 15) is 4.79 Å². The van der Waals surface area contributed by atoms with Gasteiger partial charge in [0.15, 0.2) is 0 Å². The zero-order chi connectivity index (χ0) is 20.2. The first-order valence-corrected chi connectivity index (χ1v) is 9.83. The minimum Gasteiger partial charge on any atom is -0.489 e. The van der Waals surface area contributed by atoms with Gasteiger partial charge in [-0.1, -0.05) is 30.3 Å². The molecule has 4 rings (SSSR count). The Balaban J connectivity index is 1.49. The lowest BCUT2D eigenvalue weighted by Gasteiger charge is -2.33. The Kier molecular flexibility index (Phi) is 5.50. The summed E-state index contributed by atoms with van der Waals surface area (Å²) >= 11 is 0. The average Bonchev–Trinajstić information content (AvgIpc) is 3.09. The summed E-state index contributed by atoms with van der Waals surface area (Å²) in [5, 5.41) is 9.83. The van der Waals surface area contributed by atoms with Crippen LogP contribution in [0.4, 0.5) is 0 Å². The molecule has 2 heterocycles. The van der Waals surface area contributed by atoms with Gasteiger partial charge in [-0.2, -0.15) is 5.26 Å². The zero-order valence-electron chi connectivity index (χ0n) is 16.5. The van der Waals surface area contributed by atoms with E-state index in [1.807, 2.05) is 60.4 Å². The van der Waals surface area contributed by atoms with E-state index in [1.54, 1.807) is 0 Å². The lowest BCUT2D eigenvalue weighted by atomic mass is 10.1. The van der Waals surface area contributed by atoms with Crippen molar-refractivity contribution in [1.29, 1.82) is 5.26 Å². The molecule has 6 heteroatoms. The van der Waals surface area contributed by atoms with Crippen LogP contribution in [0.1, 0.15) is 21.6 Å². The molecular weight excluding hydrogens is 364 g/mol. The molecule has 0 saturated carbocycles. The van der Waals surface area contributed by atoms with Gasteiger partial charge in [-0.15, -0.1) is 0 Å². The number of amides is 1. The molecule has 1 aliphatic rings. The summed E-state index contributed by atoms with van der Waals surface area (Å²) in [7, 11) is 0. The van der Waals surface area contributed by atoms with Gasteiger partial charge in [0.2, 0.25) is 0 Å². The van der Waals surface area contributed by atoms with Crippen molar-refractivity contribution in [2.24, 2.45) is 0 Å². The van der Waals surface area contributed by atoms with Crippen LogP contribution in [0.5, 0.6) is 5.75 Å². The van der Waals surface area contributed by atoms with Gasteiger partial charge in [0.25, 0.3) is 5.91 Å². The molecule has 0 unspecified atom stereocenters. The SMILES string of the molecule is Cc1c(C(=O)N2CCN(CC#N)CC2)[nH]c2ccc(OCc3ccccc3)cc12. The topological polar surface area (TPSA) is 72.4 Å². The standard InChI is InChI=1S/C23H24N4O2/c1-17-20-15-19(29-16-18-5-3-2-4-6-18)7-8-21(20)25-22(17)23(28)27-13-11-26(10-9-24)12-14-27/h2-8,15,25H,10-14,16H2,1H3. The van der Waals surface area contributed by atoms with Crippen molar-refractivity contribution < 1.29 is 9.53 Å². The molecule has 1 aromatic heterocycles. The molecule has 1 aliphatic heterocycles. The second kappa shape index (κ2) is 8.38. The van der Waals surface area contributed by atoms with Crippen molar-refractivity contribution in [1.82, 2.24) is 14.8 Å². The molecule has 0 spiro atoms. The molecule has 1 fully saturated rings. The maximum absolute atomic E-state index is 13.0. The fourth-order valence-corrected chi connectivity index (χ4v) is 3.72. The first kappa shape index (κ1) is 19.0. The van der Waals surface area contributed by atoms with E-state index in [1.165, 1.54) is 0 Å². The Morgan fingerprint density at radius 3 is 2.62 bits per heavy atom. The smallest absolute Gasteiger partial charge is 0.270 e. The number of carbonyl (C=O) groups excluding carboxylic acids is 1.